The van der Waals surface area contributed by atoms with E-state index in [0.717, 1.165) is 16.4 Å². The summed E-state index contributed by atoms with van der Waals surface area (Å²) >= 11 is 0. The van der Waals surface area contributed by atoms with Crippen LogP contribution in [0.5, 0.6) is 5.75 Å². The molecule has 0 unspecified atom stereocenters. The second-order valence-corrected chi connectivity index (χ2v) is 7.00. The van der Waals surface area contributed by atoms with Crippen LogP contribution in [-0.4, -0.2) is 27.7 Å². The zero-order valence-electron chi connectivity index (χ0n) is 16.4. The lowest BCUT2D eigenvalue weighted by Crippen LogP contribution is -2.19. The number of rotatable bonds is 5. The number of hydrogen-bond donors (Lipinski definition) is 1. The molecule has 5 aromatic rings. The van der Waals surface area contributed by atoms with Crippen molar-refractivity contribution in [2.75, 3.05) is 12.4 Å². The van der Waals surface area contributed by atoms with Crippen LogP contribution < -0.4 is 10.1 Å². The molecule has 0 aliphatic carbocycles. The first-order valence-electron chi connectivity index (χ1n) is 9.42. The minimum absolute atomic E-state index is 0.0633. The van der Waals surface area contributed by atoms with Crippen molar-refractivity contribution in [1.29, 1.82) is 0 Å². The van der Waals surface area contributed by atoms with Crippen molar-refractivity contribution in [2.24, 2.45) is 0 Å². The number of nitro groups is 1. The molecule has 0 radical (unpaired) electrons. The van der Waals surface area contributed by atoms with E-state index in [2.05, 4.69) is 10.4 Å². The Bertz CT molecular complexity index is 1480. The van der Waals surface area contributed by atoms with Gasteiger partial charge in [0.2, 0.25) is 5.91 Å². The van der Waals surface area contributed by atoms with Crippen LogP contribution >= 0.6 is 0 Å². The van der Waals surface area contributed by atoms with Crippen molar-refractivity contribution in [3.8, 4) is 5.75 Å². The van der Waals surface area contributed by atoms with E-state index in [9.17, 15) is 14.9 Å². The lowest BCUT2D eigenvalue weighted by Gasteiger charge is -2.11. The van der Waals surface area contributed by atoms with Crippen LogP contribution in [0.3, 0.4) is 0 Å². The second kappa shape index (κ2) is 7.13. The summed E-state index contributed by atoms with van der Waals surface area (Å²) < 4.78 is 12.8. The zero-order chi connectivity index (χ0) is 21.5. The van der Waals surface area contributed by atoms with E-state index in [1.54, 1.807) is 18.3 Å². The van der Waals surface area contributed by atoms with Gasteiger partial charge in [-0.05, 0) is 18.2 Å². The molecule has 0 saturated carbocycles. The quantitative estimate of drug-likeness (QED) is 0.334. The molecule has 0 spiro atoms. The summed E-state index contributed by atoms with van der Waals surface area (Å²) in [5, 5.41) is 20.6. The van der Waals surface area contributed by atoms with Crippen LogP contribution in [0.25, 0.3) is 32.8 Å². The minimum Gasteiger partial charge on any atom is -0.495 e. The number of hydrogen-bond acceptors (Lipinski definition) is 6. The van der Waals surface area contributed by atoms with Gasteiger partial charge in [-0.1, -0.05) is 18.2 Å². The van der Waals surface area contributed by atoms with E-state index in [0.29, 0.717) is 27.9 Å². The summed E-state index contributed by atoms with van der Waals surface area (Å²) in [6.45, 7) is -0.119. The summed E-state index contributed by atoms with van der Waals surface area (Å²) in [6, 6.07) is 15.6. The highest BCUT2D eigenvalue weighted by atomic mass is 16.6. The molecule has 0 atom stereocenters. The van der Waals surface area contributed by atoms with E-state index >= 15 is 0 Å². The number of non-ortho nitro benzene ring substituents is 1. The molecule has 0 aliphatic rings. The largest absolute Gasteiger partial charge is 0.495 e. The Morgan fingerprint density at radius 2 is 2.00 bits per heavy atom. The highest BCUT2D eigenvalue weighted by molar-refractivity contribution is 6.07. The van der Waals surface area contributed by atoms with Gasteiger partial charge in [0.05, 0.1) is 29.4 Å². The van der Waals surface area contributed by atoms with Gasteiger partial charge in [0.1, 0.15) is 23.5 Å². The maximum atomic E-state index is 12.7. The number of ether oxygens (including phenoxy) is 1. The standard InChI is InChI=1S/C22H16N4O5/c1-30-21-9-16-15-4-2-3-5-19(15)31-20(16)10-17(21)24-22(27)12-25-18-8-14(26(28)29)7-6-13(18)11-23-25/h2-11H,12H2,1H3,(H,24,27). The second-order valence-electron chi connectivity index (χ2n) is 7.00. The first kappa shape index (κ1) is 18.6. The van der Waals surface area contributed by atoms with Crippen LogP contribution in [0, 0.1) is 10.1 Å². The maximum Gasteiger partial charge on any atom is 0.271 e. The lowest BCUT2D eigenvalue weighted by atomic mass is 10.1. The van der Waals surface area contributed by atoms with Gasteiger partial charge in [0.15, 0.2) is 0 Å². The van der Waals surface area contributed by atoms with Crippen LogP contribution in [0.2, 0.25) is 0 Å². The van der Waals surface area contributed by atoms with Crippen LogP contribution in [0.15, 0.2) is 65.2 Å². The van der Waals surface area contributed by atoms with E-state index in [4.69, 9.17) is 9.15 Å². The monoisotopic (exact) mass is 416 g/mol. The minimum atomic E-state index is -0.482. The number of nitrogens with one attached hydrogen (secondary N) is 1. The fourth-order valence-corrected chi connectivity index (χ4v) is 3.64. The summed E-state index contributed by atoms with van der Waals surface area (Å²) in [5.41, 5.74) is 2.27. The predicted octanol–water partition coefficient (Wildman–Crippen LogP) is 4.49. The summed E-state index contributed by atoms with van der Waals surface area (Å²) in [6.07, 6.45) is 1.56. The number of fused-ring (bicyclic) bond motifs is 4. The third-order valence-corrected chi connectivity index (χ3v) is 5.11. The molecule has 0 aliphatic heterocycles. The highest BCUT2D eigenvalue weighted by Gasteiger charge is 2.16. The van der Waals surface area contributed by atoms with Gasteiger partial charge in [-0.25, -0.2) is 0 Å². The number of benzene rings is 3. The molecular formula is C22H16N4O5. The first-order valence-corrected chi connectivity index (χ1v) is 9.42. The van der Waals surface area contributed by atoms with Crippen LogP contribution in [-0.2, 0) is 11.3 Å². The number of amides is 1. The number of anilines is 1. The molecule has 0 bridgehead atoms. The zero-order valence-corrected chi connectivity index (χ0v) is 16.4. The van der Waals surface area contributed by atoms with E-state index in [1.165, 1.54) is 23.9 Å². The van der Waals surface area contributed by atoms with Crippen LogP contribution in [0.1, 0.15) is 0 Å². The van der Waals surface area contributed by atoms with Gasteiger partial charge in [-0.15, -0.1) is 0 Å². The molecule has 2 aromatic heterocycles. The molecule has 154 valence electrons. The molecule has 2 heterocycles. The molecule has 1 N–H and O–H groups in total. The van der Waals surface area contributed by atoms with Crippen molar-refractivity contribution in [2.45, 2.75) is 6.54 Å². The van der Waals surface area contributed by atoms with Gasteiger partial charge >= 0.3 is 0 Å². The topological polar surface area (TPSA) is 112 Å². The van der Waals surface area contributed by atoms with E-state index in [1.807, 2.05) is 30.3 Å². The number of nitro benzene ring substituents is 1. The van der Waals surface area contributed by atoms with Gasteiger partial charge in [-0.3, -0.25) is 19.6 Å². The molecule has 9 heteroatoms. The van der Waals surface area contributed by atoms with Gasteiger partial charge < -0.3 is 14.5 Å². The number of carbonyl (C=O) groups is 1. The van der Waals surface area contributed by atoms with Crippen molar-refractivity contribution in [1.82, 2.24) is 9.78 Å². The van der Waals surface area contributed by atoms with E-state index in [-0.39, 0.29) is 18.1 Å². The Balaban J connectivity index is 1.46. The average Bonchev–Trinajstić information content (AvgIpc) is 3.33. The Morgan fingerprint density at radius 1 is 1.16 bits per heavy atom. The predicted molar refractivity (Wildman–Crippen MR) is 115 cm³/mol. The first-order chi connectivity index (χ1) is 15.0. The number of carbonyl (C=O) groups excluding carboxylic acids is 1. The molecule has 0 fully saturated rings. The van der Waals surface area contributed by atoms with E-state index < -0.39 is 4.92 Å². The third kappa shape index (κ3) is 3.21. The normalized spacial score (nSPS) is 11.3. The maximum absolute atomic E-state index is 12.7. The van der Waals surface area contributed by atoms with Crippen molar-refractivity contribution in [3.05, 3.63) is 70.9 Å². The number of para-hydroxylation sites is 1. The highest BCUT2D eigenvalue weighted by Crippen LogP contribution is 2.36. The number of aromatic nitrogens is 2. The molecule has 5 rings (SSSR count). The Kier molecular flexibility index (Phi) is 4.28. The molecule has 1 amide bonds. The summed E-state index contributed by atoms with van der Waals surface area (Å²) in [7, 11) is 1.53. The Labute approximate surface area is 175 Å². The lowest BCUT2D eigenvalue weighted by molar-refractivity contribution is -0.384. The Hall–Kier alpha value is -4.40. The van der Waals surface area contributed by atoms with Crippen molar-refractivity contribution < 1.29 is 18.9 Å². The van der Waals surface area contributed by atoms with Gasteiger partial charge in [0, 0.05) is 34.4 Å². The third-order valence-electron chi connectivity index (χ3n) is 5.11. The molecule has 3 aromatic carbocycles. The molecule has 9 nitrogen and oxygen atoms in total. The van der Waals surface area contributed by atoms with Gasteiger partial charge in [-0.2, -0.15) is 5.10 Å². The van der Waals surface area contributed by atoms with Crippen molar-refractivity contribution >= 4 is 50.1 Å². The number of methoxy groups -OCH3 is 1. The van der Waals surface area contributed by atoms with Gasteiger partial charge in [0.25, 0.3) is 5.69 Å². The summed E-state index contributed by atoms with van der Waals surface area (Å²) in [5.74, 6) is 0.138. The fraction of sp³-hybridized carbons (Fsp3) is 0.0909. The number of furan rings is 1. The SMILES string of the molecule is COc1cc2c(cc1NC(=O)Cn1ncc3ccc([N+](=O)[O-])cc31)oc1ccccc12. The summed E-state index contributed by atoms with van der Waals surface area (Å²) in [4.78, 5) is 23.3. The molecular weight excluding hydrogens is 400 g/mol. The van der Waals surface area contributed by atoms with Crippen LogP contribution in [0.4, 0.5) is 11.4 Å². The molecule has 31 heavy (non-hydrogen) atoms. The fourth-order valence-electron chi connectivity index (χ4n) is 3.64. The Morgan fingerprint density at radius 3 is 2.81 bits per heavy atom. The average molecular weight is 416 g/mol. The number of nitrogens with zero attached hydrogens (tertiary/aromatic N) is 3. The molecule has 0 saturated heterocycles. The smallest absolute Gasteiger partial charge is 0.271 e. The van der Waals surface area contributed by atoms with Crippen molar-refractivity contribution in [3.63, 3.8) is 0 Å².